The van der Waals surface area contributed by atoms with E-state index in [1.165, 1.54) is 0 Å². The topological polar surface area (TPSA) is 80.6 Å². The molecule has 2 aromatic rings. The molecule has 3 heterocycles. The zero-order valence-corrected chi connectivity index (χ0v) is 19.4. The van der Waals surface area contributed by atoms with Crippen LogP contribution in [-0.4, -0.2) is 45.0 Å². The van der Waals surface area contributed by atoms with E-state index in [4.69, 9.17) is 4.74 Å². The summed E-state index contributed by atoms with van der Waals surface area (Å²) < 4.78 is 34.2. The first-order chi connectivity index (χ1) is 15.3. The number of hydrogen-bond donors (Lipinski definition) is 1. The first kappa shape index (κ1) is 21.3. The number of aryl methyl sites for hydroxylation is 1. The molecule has 2 aliphatic heterocycles. The Morgan fingerprint density at radius 1 is 1.16 bits per heavy atom. The van der Waals surface area contributed by atoms with Gasteiger partial charge in [-0.2, -0.15) is 0 Å². The van der Waals surface area contributed by atoms with Crippen molar-refractivity contribution in [1.82, 2.24) is 4.57 Å². The van der Waals surface area contributed by atoms with Crippen LogP contribution in [0.1, 0.15) is 30.9 Å². The highest BCUT2D eigenvalue weighted by Crippen LogP contribution is 2.43. The number of nitrogens with one attached hydrogen (secondary N) is 1. The third-order valence-electron chi connectivity index (χ3n) is 7.04. The van der Waals surface area contributed by atoms with Crippen LogP contribution >= 0.6 is 0 Å². The van der Waals surface area contributed by atoms with E-state index >= 15 is 0 Å². The van der Waals surface area contributed by atoms with Gasteiger partial charge in [-0.1, -0.05) is 12.2 Å². The van der Waals surface area contributed by atoms with E-state index < -0.39 is 10.0 Å². The highest BCUT2D eigenvalue weighted by atomic mass is 32.2. The maximum atomic E-state index is 12.6. The van der Waals surface area contributed by atoms with Crippen LogP contribution in [0.25, 0.3) is 17.2 Å². The van der Waals surface area contributed by atoms with Crippen LogP contribution in [0.3, 0.4) is 0 Å². The Morgan fingerprint density at radius 2 is 1.91 bits per heavy atom. The summed E-state index contributed by atoms with van der Waals surface area (Å²) in [6.07, 6.45) is 8.69. The molecule has 3 aliphatic rings. The second kappa shape index (κ2) is 7.78. The van der Waals surface area contributed by atoms with E-state index in [9.17, 15) is 13.2 Å². The van der Waals surface area contributed by atoms with Crippen LogP contribution in [0.2, 0.25) is 0 Å². The van der Waals surface area contributed by atoms with Crippen molar-refractivity contribution in [3.8, 4) is 11.1 Å². The zero-order valence-electron chi connectivity index (χ0n) is 18.6. The third-order valence-corrected chi connectivity index (χ3v) is 8.35. The summed E-state index contributed by atoms with van der Waals surface area (Å²) in [5, 5.41) is 0. The first-order valence-electron chi connectivity index (χ1n) is 11.2. The van der Waals surface area contributed by atoms with Crippen molar-refractivity contribution < 1.29 is 13.2 Å². The Morgan fingerprint density at radius 3 is 2.56 bits per heavy atom. The van der Waals surface area contributed by atoms with Gasteiger partial charge in [0.05, 0.1) is 19.0 Å². The molecule has 0 bridgehead atoms. The van der Waals surface area contributed by atoms with Crippen LogP contribution in [-0.2, 0) is 28.2 Å². The number of anilines is 2. The number of aromatic nitrogens is 1. The first-order valence-corrected chi connectivity index (χ1v) is 12.8. The lowest BCUT2D eigenvalue weighted by molar-refractivity contribution is -0.124. The molecule has 8 heteroatoms. The molecule has 1 aliphatic carbocycles. The van der Waals surface area contributed by atoms with Gasteiger partial charge in [-0.15, -0.1) is 0 Å². The number of ether oxygens (including phenoxy) is 1. The minimum Gasteiger partial charge on any atom is -0.380 e. The summed E-state index contributed by atoms with van der Waals surface area (Å²) in [6, 6.07) is 5.75. The van der Waals surface area contributed by atoms with Crippen molar-refractivity contribution in [3.63, 3.8) is 0 Å². The van der Waals surface area contributed by atoms with Crippen molar-refractivity contribution >= 4 is 27.5 Å². The van der Waals surface area contributed by atoms with Gasteiger partial charge in [0.1, 0.15) is 0 Å². The lowest BCUT2D eigenvalue weighted by Gasteiger charge is -2.48. The van der Waals surface area contributed by atoms with Gasteiger partial charge in [0, 0.05) is 59.8 Å². The second-order valence-corrected chi connectivity index (χ2v) is 11.2. The molecule has 32 heavy (non-hydrogen) atoms. The molecule has 1 aromatic heterocycles. The average molecular weight is 456 g/mol. The number of allylic oxidation sites excluding steroid dienone is 1. The third kappa shape index (κ3) is 3.65. The summed E-state index contributed by atoms with van der Waals surface area (Å²) in [4.78, 5) is 15.0. The van der Waals surface area contributed by atoms with E-state index in [1.54, 1.807) is 18.5 Å². The number of sulfonamides is 1. The second-order valence-electron chi connectivity index (χ2n) is 9.17. The maximum absolute atomic E-state index is 12.6. The van der Waals surface area contributed by atoms with Crippen molar-refractivity contribution in [2.24, 2.45) is 12.5 Å². The minimum atomic E-state index is -3.39. The van der Waals surface area contributed by atoms with Gasteiger partial charge in [-0.3, -0.25) is 9.52 Å². The van der Waals surface area contributed by atoms with Crippen LogP contribution in [0.4, 0.5) is 11.4 Å². The Kier molecular flexibility index (Phi) is 5.17. The number of fused-ring (bicyclic) bond motifs is 1. The summed E-state index contributed by atoms with van der Waals surface area (Å²) >= 11 is 0. The fourth-order valence-electron chi connectivity index (χ4n) is 4.95. The van der Waals surface area contributed by atoms with E-state index in [-0.39, 0.29) is 11.3 Å². The number of hydrogen-bond acceptors (Lipinski definition) is 5. The Hall–Kier alpha value is -2.58. The predicted octanol–water partition coefficient (Wildman–Crippen LogP) is 3.00. The Balaban J connectivity index is 1.61. The molecular formula is C24H29N3O4S. The monoisotopic (exact) mass is 455 g/mol. The SMILES string of the molecule is CCS(=O)(=O)Nc1ccc(N2CCC3(CC2)COC3)c(-c2cn(C)c(=O)c3c2C=CC3)c1. The molecule has 2 fully saturated rings. The molecule has 1 spiro atoms. The largest absolute Gasteiger partial charge is 0.380 e. The van der Waals surface area contributed by atoms with Gasteiger partial charge in [0.25, 0.3) is 5.56 Å². The smallest absolute Gasteiger partial charge is 0.254 e. The quantitative estimate of drug-likeness (QED) is 0.750. The number of rotatable bonds is 5. The molecule has 0 amide bonds. The van der Waals surface area contributed by atoms with Crippen molar-refractivity contribution in [2.45, 2.75) is 26.2 Å². The Labute approximate surface area is 188 Å². The van der Waals surface area contributed by atoms with Crippen LogP contribution in [0, 0.1) is 5.41 Å². The summed E-state index contributed by atoms with van der Waals surface area (Å²) in [5.41, 5.74) is 5.58. The van der Waals surface area contributed by atoms with Crippen LogP contribution in [0.15, 0.2) is 35.3 Å². The normalized spacial score (nSPS) is 19.1. The number of piperidine rings is 1. The highest BCUT2D eigenvalue weighted by molar-refractivity contribution is 7.92. The predicted molar refractivity (Wildman–Crippen MR) is 128 cm³/mol. The molecule has 2 saturated heterocycles. The molecule has 0 radical (unpaired) electrons. The van der Waals surface area contributed by atoms with E-state index in [1.807, 2.05) is 36.5 Å². The molecule has 1 aromatic carbocycles. The Bertz CT molecular complexity index is 1250. The van der Waals surface area contributed by atoms with Gasteiger partial charge in [-0.25, -0.2) is 8.42 Å². The fourth-order valence-corrected chi connectivity index (χ4v) is 5.58. The molecule has 7 nitrogen and oxygen atoms in total. The van der Waals surface area contributed by atoms with Crippen LogP contribution in [0.5, 0.6) is 0 Å². The number of pyridine rings is 1. The van der Waals surface area contributed by atoms with Crippen molar-refractivity contribution in [3.05, 3.63) is 52.0 Å². The summed E-state index contributed by atoms with van der Waals surface area (Å²) in [5.74, 6) is 0.0122. The average Bonchev–Trinajstić information content (AvgIpc) is 3.25. The van der Waals surface area contributed by atoms with Gasteiger partial charge in [0.2, 0.25) is 10.0 Å². The molecule has 1 N–H and O–H groups in total. The minimum absolute atomic E-state index is 0.0122. The maximum Gasteiger partial charge on any atom is 0.254 e. The van der Waals surface area contributed by atoms with Gasteiger partial charge in [-0.05, 0) is 49.9 Å². The molecule has 170 valence electrons. The summed E-state index contributed by atoms with van der Waals surface area (Å²) in [6.45, 7) is 5.19. The van der Waals surface area contributed by atoms with E-state index in [2.05, 4.69) is 9.62 Å². The fraction of sp³-hybridized carbons (Fsp3) is 0.458. The van der Waals surface area contributed by atoms with Crippen molar-refractivity contribution in [1.29, 1.82) is 0 Å². The summed E-state index contributed by atoms with van der Waals surface area (Å²) in [7, 11) is -1.62. The highest BCUT2D eigenvalue weighted by Gasteiger charge is 2.41. The lowest BCUT2D eigenvalue weighted by atomic mass is 9.76. The van der Waals surface area contributed by atoms with Gasteiger partial charge >= 0.3 is 0 Å². The van der Waals surface area contributed by atoms with Crippen LogP contribution < -0.4 is 15.2 Å². The molecular weight excluding hydrogens is 426 g/mol. The molecule has 0 saturated carbocycles. The van der Waals surface area contributed by atoms with Crippen molar-refractivity contribution in [2.75, 3.05) is 41.7 Å². The molecule has 0 unspecified atom stereocenters. The lowest BCUT2D eigenvalue weighted by Crippen LogP contribution is -2.51. The zero-order chi connectivity index (χ0) is 22.5. The number of nitrogens with zero attached hydrogens (tertiary/aromatic N) is 2. The van der Waals surface area contributed by atoms with E-state index in [0.717, 1.165) is 67.1 Å². The van der Waals surface area contributed by atoms with E-state index in [0.29, 0.717) is 17.5 Å². The molecule has 5 rings (SSSR count). The standard InChI is InChI=1S/C24H29N3O4S/c1-3-32(29,30)25-17-7-8-22(27-11-9-24(10-12-27)15-31-16-24)20(13-17)21-14-26(2)23(28)19-6-4-5-18(19)21/h4-5,7-8,13-14,25H,3,6,9-12,15-16H2,1-2H3. The van der Waals surface area contributed by atoms with Gasteiger partial charge < -0.3 is 14.2 Å². The number of benzene rings is 1. The van der Waals surface area contributed by atoms with Gasteiger partial charge in [0.15, 0.2) is 0 Å². The molecule has 0 atom stereocenters.